The SMILES string of the molecule is CCC(C)(C)NC(=O)[C@H](c1ccccc1Cl)N(C(=O)CCC(=O)Nc1cc(C)on1)c1c(C)cc(C)cc1C. The molecule has 0 spiro atoms. The van der Waals surface area contributed by atoms with Crippen molar-refractivity contribution in [1.29, 1.82) is 0 Å². The summed E-state index contributed by atoms with van der Waals surface area (Å²) >= 11 is 6.63. The average Bonchev–Trinajstić information content (AvgIpc) is 3.26. The lowest BCUT2D eigenvalue weighted by Crippen LogP contribution is -2.51. The Morgan fingerprint density at radius 1 is 1.03 bits per heavy atom. The van der Waals surface area contributed by atoms with Crippen LogP contribution in [-0.4, -0.2) is 28.4 Å². The lowest BCUT2D eigenvalue weighted by Gasteiger charge is -2.36. The maximum atomic E-state index is 14.0. The van der Waals surface area contributed by atoms with E-state index in [-0.39, 0.29) is 36.4 Å². The molecule has 9 heteroatoms. The molecular weight excluding hydrogens is 516 g/mol. The van der Waals surface area contributed by atoms with Crippen LogP contribution in [0.5, 0.6) is 0 Å². The number of hydrogen-bond donors (Lipinski definition) is 2. The summed E-state index contributed by atoms with van der Waals surface area (Å²) in [7, 11) is 0. The van der Waals surface area contributed by atoms with Gasteiger partial charge in [-0.15, -0.1) is 0 Å². The number of carbonyl (C=O) groups excluding carboxylic acids is 3. The monoisotopic (exact) mass is 552 g/mol. The van der Waals surface area contributed by atoms with Crippen LogP contribution in [0.2, 0.25) is 5.02 Å². The number of benzene rings is 2. The summed E-state index contributed by atoms with van der Waals surface area (Å²) in [5.74, 6) is -0.292. The minimum atomic E-state index is -1.06. The van der Waals surface area contributed by atoms with Gasteiger partial charge in [-0.2, -0.15) is 0 Å². The van der Waals surface area contributed by atoms with Crippen molar-refractivity contribution in [3.8, 4) is 0 Å². The van der Waals surface area contributed by atoms with Crippen LogP contribution in [0.1, 0.15) is 74.1 Å². The normalized spacial score (nSPS) is 12.1. The second-order valence-electron chi connectivity index (χ2n) is 10.5. The summed E-state index contributed by atoms with van der Waals surface area (Å²) < 4.78 is 4.99. The molecule has 3 rings (SSSR count). The summed E-state index contributed by atoms with van der Waals surface area (Å²) in [4.78, 5) is 42.2. The molecule has 3 amide bonds. The van der Waals surface area contributed by atoms with E-state index < -0.39 is 11.6 Å². The highest BCUT2D eigenvalue weighted by molar-refractivity contribution is 6.31. The first-order valence-electron chi connectivity index (χ1n) is 13.0. The third-order valence-corrected chi connectivity index (χ3v) is 7.00. The summed E-state index contributed by atoms with van der Waals surface area (Å²) in [5, 5.41) is 9.88. The Labute approximate surface area is 235 Å². The molecule has 0 aliphatic carbocycles. The standard InChI is InChI=1S/C30H37ClN4O4/c1-8-30(6,7)33-29(38)28(22-11-9-10-12-23(22)31)35(27-19(3)15-18(2)16-20(27)4)26(37)14-13-25(36)32-24-17-21(5)39-34-24/h9-12,15-17,28H,8,13-14H2,1-7H3,(H,33,38)(H,32,34,36)/t28-/m0/s1. The van der Waals surface area contributed by atoms with E-state index >= 15 is 0 Å². The predicted octanol–water partition coefficient (Wildman–Crippen LogP) is 6.36. The van der Waals surface area contributed by atoms with Gasteiger partial charge >= 0.3 is 0 Å². The smallest absolute Gasteiger partial charge is 0.248 e. The second kappa shape index (κ2) is 12.5. The zero-order valence-electron chi connectivity index (χ0n) is 23.6. The predicted molar refractivity (Wildman–Crippen MR) is 154 cm³/mol. The van der Waals surface area contributed by atoms with E-state index in [0.29, 0.717) is 28.5 Å². The third-order valence-electron chi connectivity index (χ3n) is 6.66. The van der Waals surface area contributed by atoms with Gasteiger partial charge < -0.3 is 15.2 Å². The zero-order valence-corrected chi connectivity index (χ0v) is 24.4. The molecule has 0 aliphatic rings. The molecule has 0 radical (unpaired) electrons. The molecule has 0 unspecified atom stereocenters. The molecule has 0 bridgehead atoms. The zero-order chi connectivity index (χ0) is 28.9. The molecule has 1 atom stereocenters. The lowest BCUT2D eigenvalue weighted by molar-refractivity contribution is -0.128. The van der Waals surface area contributed by atoms with Gasteiger partial charge in [-0.3, -0.25) is 19.3 Å². The fraction of sp³-hybridized carbons (Fsp3) is 0.400. The molecule has 8 nitrogen and oxygen atoms in total. The molecule has 2 N–H and O–H groups in total. The maximum Gasteiger partial charge on any atom is 0.248 e. The molecule has 39 heavy (non-hydrogen) atoms. The number of hydrogen-bond acceptors (Lipinski definition) is 5. The van der Waals surface area contributed by atoms with Crippen molar-refractivity contribution in [2.75, 3.05) is 10.2 Å². The van der Waals surface area contributed by atoms with Gasteiger partial charge in [0.15, 0.2) is 5.82 Å². The number of aryl methyl sites for hydroxylation is 4. The quantitative estimate of drug-likeness (QED) is 0.304. The summed E-state index contributed by atoms with van der Waals surface area (Å²) in [6.07, 6.45) is 0.440. The Morgan fingerprint density at radius 2 is 1.67 bits per heavy atom. The third kappa shape index (κ3) is 7.47. The van der Waals surface area contributed by atoms with Crippen molar-refractivity contribution < 1.29 is 18.9 Å². The Morgan fingerprint density at radius 3 is 2.23 bits per heavy atom. The van der Waals surface area contributed by atoms with Gasteiger partial charge in [-0.05, 0) is 65.2 Å². The number of rotatable bonds is 10. The number of carbonyl (C=O) groups is 3. The number of nitrogens with zero attached hydrogens (tertiary/aromatic N) is 2. The van der Waals surface area contributed by atoms with Gasteiger partial charge in [0, 0.05) is 35.0 Å². The van der Waals surface area contributed by atoms with E-state index in [9.17, 15) is 14.4 Å². The minimum absolute atomic E-state index is 0.109. The van der Waals surface area contributed by atoms with Crippen molar-refractivity contribution in [1.82, 2.24) is 10.5 Å². The van der Waals surface area contributed by atoms with Crippen LogP contribution in [0.4, 0.5) is 11.5 Å². The van der Waals surface area contributed by atoms with Gasteiger partial charge in [0.05, 0.1) is 5.69 Å². The first kappa shape index (κ1) is 29.9. The van der Waals surface area contributed by atoms with Crippen molar-refractivity contribution >= 4 is 40.8 Å². The van der Waals surface area contributed by atoms with Crippen molar-refractivity contribution in [3.63, 3.8) is 0 Å². The molecule has 1 heterocycles. The van der Waals surface area contributed by atoms with Crippen molar-refractivity contribution in [2.24, 2.45) is 0 Å². The fourth-order valence-corrected chi connectivity index (χ4v) is 4.75. The van der Waals surface area contributed by atoms with E-state index in [2.05, 4.69) is 15.8 Å². The van der Waals surface area contributed by atoms with Gasteiger partial charge in [-0.25, -0.2) is 0 Å². The minimum Gasteiger partial charge on any atom is -0.360 e. The van der Waals surface area contributed by atoms with E-state index in [1.54, 1.807) is 37.3 Å². The van der Waals surface area contributed by atoms with Crippen molar-refractivity contribution in [3.05, 3.63) is 75.5 Å². The Kier molecular flexibility index (Phi) is 9.56. The number of nitrogens with one attached hydrogen (secondary N) is 2. The first-order chi connectivity index (χ1) is 18.3. The maximum absolute atomic E-state index is 14.0. The van der Waals surface area contributed by atoms with Crippen LogP contribution in [0.25, 0.3) is 0 Å². The number of amides is 3. The highest BCUT2D eigenvalue weighted by Gasteiger charge is 2.37. The molecule has 208 valence electrons. The number of anilines is 2. The molecule has 3 aromatic rings. The molecule has 1 aromatic heterocycles. The van der Waals surface area contributed by atoms with Crippen LogP contribution < -0.4 is 15.5 Å². The Bertz CT molecular complexity index is 1340. The van der Waals surface area contributed by atoms with Gasteiger partial charge in [-0.1, -0.05) is 59.6 Å². The highest BCUT2D eigenvalue weighted by atomic mass is 35.5. The number of halogens is 1. The molecule has 0 fully saturated rings. The highest BCUT2D eigenvalue weighted by Crippen LogP contribution is 2.37. The van der Waals surface area contributed by atoms with Crippen LogP contribution >= 0.6 is 11.6 Å². The topological polar surface area (TPSA) is 105 Å². The summed E-state index contributed by atoms with van der Waals surface area (Å²) in [6, 6.07) is 11.5. The van der Waals surface area contributed by atoms with E-state index in [1.807, 2.05) is 53.7 Å². The van der Waals surface area contributed by atoms with Gasteiger partial charge in [0.1, 0.15) is 11.8 Å². The van der Waals surface area contributed by atoms with Crippen LogP contribution in [0, 0.1) is 27.7 Å². The van der Waals surface area contributed by atoms with E-state index in [1.165, 1.54) is 4.90 Å². The Hall–Kier alpha value is -3.65. The van der Waals surface area contributed by atoms with E-state index in [0.717, 1.165) is 16.7 Å². The van der Waals surface area contributed by atoms with Gasteiger partial charge in [0.2, 0.25) is 17.7 Å². The molecule has 2 aromatic carbocycles. The first-order valence-corrected chi connectivity index (χ1v) is 13.4. The molecule has 0 saturated carbocycles. The molecule has 0 saturated heterocycles. The Balaban J connectivity index is 2.07. The second-order valence-corrected chi connectivity index (χ2v) is 10.9. The van der Waals surface area contributed by atoms with Crippen LogP contribution in [0.3, 0.4) is 0 Å². The molecule has 0 aliphatic heterocycles. The van der Waals surface area contributed by atoms with Crippen LogP contribution in [-0.2, 0) is 14.4 Å². The summed E-state index contributed by atoms with van der Waals surface area (Å²) in [5.41, 5.74) is 3.31. The fourth-order valence-electron chi connectivity index (χ4n) is 4.51. The molecular formula is C30H37ClN4O4. The largest absolute Gasteiger partial charge is 0.360 e. The van der Waals surface area contributed by atoms with Crippen molar-refractivity contribution in [2.45, 2.75) is 79.3 Å². The summed E-state index contributed by atoms with van der Waals surface area (Å²) in [6.45, 7) is 13.4. The van der Waals surface area contributed by atoms with E-state index in [4.69, 9.17) is 16.1 Å². The lowest BCUT2D eigenvalue weighted by atomic mass is 9.96. The van der Waals surface area contributed by atoms with Gasteiger partial charge in [0.25, 0.3) is 0 Å². The number of aromatic nitrogens is 1. The average molecular weight is 553 g/mol. The van der Waals surface area contributed by atoms with Crippen LogP contribution in [0.15, 0.2) is 47.0 Å².